The third-order valence-corrected chi connectivity index (χ3v) is 4.41. The lowest BCUT2D eigenvalue weighted by Gasteiger charge is -2.37. The van der Waals surface area contributed by atoms with Crippen molar-refractivity contribution in [3.8, 4) is 11.1 Å². The fourth-order valence-corrected chi connectivity index (χ4v) is 2.78. The minimum Gasteiger partial charge on any atom is -0.339 e. The molecule has 0 spiro atoms. The Bertz CT molecular complexity index is 657. The van der Waals surface area contributed by atoms with E-state index in [1.807, 2.05) is 29.2 Å². The minimum atomic E-state index is 0.120. The van der Waals surface area contributed by atoms with Crippen LogP contribution in [-0.4, -0.2) is 33.9 Å². The zero-order valence-electron chi connectivity index (χ0n) is 13.1. The first-order valence-corrected chi connectivity index (χ1v) is 7.70. The summed E-state index contributed by atoms with van der Waals surface area (Å²) in [6.07, 6.45) is 7.16. The maximum absolute atomic E-state index is 12.7. The molecule has 0 aliphatic carbocycles. The summed E-state index contributed by atoms with van der Waals surface area (Å²) >= 11 is 0. The van der Waals surface area contributed by atoms with Gasteiger partial charge in [-0.3, -0.25) is 4.79 Å². The lowest BCUT2D eigenvalue weighted by atomic mass is 9.82. The molecule has 2 aromatic rings. The monoisotopic (exact) mass is 295 g/mol. The number of carbonyl (C=O) groups is 1. The van der Waals surface area contributed by atoms with Crippen molar-refractivity contribution < 1.29 is 4.79 Å². The van der Waals surface area contributed by atoms with Crippen LogP contribution in [0.5, 0.6) is 0 Å². The number of hydrogen-bond acceptors (Lipinski definition) is 3. The van der Waals surface area contributed by atoms with Crippen molar-refractivity contribution >= 4 is 5.91 Å². The van der Waals surface area contributed by atoms with Crippen molar-refractivity contribution in [3.63, 3.8) is 0 Å². The average Bonchev–Trinajstić information content (AvgIpc) is 2.55. The van der Waals surface area contributed by atoms with Crippen LogP contribution in [0.2, 0.25) is 0 Å². The third-order valence-electron chi connectivity index (χ3n) is 4.41. The van der Waals surface area contributed by atoms with Crippen LogP contribution in [0.4, 0.5) is 0 Å². The van der Waals surface area contributed by atoms with Crippen LogP contribution >= 0.6 is 0 Å². The Hall–Kier alpha value is -2.23. The lowest BCUT2D eigenvalue weighted by Crippen LogP contribution is -2.41. The van der Waals surface area contributed by atoms with Crippen LogP contribution in [0.25, 0.3) is 11.1 Å². The van der Waals surface area contributed by atoms with E-state index in [4.69, 9.17) is 0 Å². The van der Waals surface area contributed by atoms with Crippen LogP contribution in [0.1, 0.15) is 37.0 Å². The summed E-state index contributed by atoms with van der Waals surface area (Å²) in [5.41, 5.74) is 2.99. The normalized spacial score (nSPS) is 17.3. The van der Waals surface area contributed by atoms with Crippen LogP contribution in [0, 0.1) is 5.41 Å². The van der Waals surface area contributed by atoms with Gasteiger partial charge in [0.1, 0.15) is 6.33 Å². The van der Waals surface area contributed by atoms with E-state index >= 15 is 0 Å². The van der Waals surface area contributed by atoms with Gasteiger partial charge in [-0.1, -0.05) is 26.0 Å². The third kappa shape index (κ3) is 3.16. The predicted molar refractivity (Wildman–Crippen MR) is 86.4 cm³/mol. The van der Waals surface area contributed by atoms with Gasteiger partial charge in [0, 0.05) is 36.6 Å². The van der Waals surface area contributed by atoms with Gasteiger partial charge in [0.05, 0.1) is 0 Å². The Morgan fingerprint density at radius 2 is 1.77 bits per heavy atom. The molecule has 114 valence electrons. The molecule has 0 saturated carbocycles. The Morgan fingerprint density at radius 1 is 1.09 bits per heavy atom. The number of rotatable bonds is 2. The molecule has 2 heterocycles. The highest BCUT2D eigenvalue weighted by Gasteiger charge is 2.28. The maximum atomic E-state index is 12.7. The highest BCUT2D eigenvalue weighted by molar-refractivity contribution is 5.95. The van der Waals surface area contributed by atoms with Gasteiger partial charge in [0.25, 0.3) is 5.91 Å². The number of aromatic nitrogens is 2. The SMILES string of the molecule is CC1(C)CCN(C(=O)c2cccc(-c3cncnc3)c2)CC1. The van der Waals surface area contributed by atoms with Crippen molar-refractivity contribution in [2.75, 3.05) is 13.1 Å². The Morgan fingerprint density at radius 3 is 2.45 bits per heavy atom. The van der Waals surface area contributed by atoms with E-state index in [1.165, 1.54) is 6.33 Å². The van der Waals surface area contributed by atoms with Crippen LogP contribution < -0.4 is 0 Å². The molecule has 22 heavy (non-hydrogen) atoms. The largest absolute Gasteiger partial charge is 0.339 e. The molecule has 1 aliphatic heterocycles. The number of carbonyl (C=O) groups excluding carboxylic acids is 1. The summed E-state index contributed by atoms with van der Waals surface area (Å²) in [4.78, 5) is 22.7. The molecule has 0 radical (unpaired) electrons. The fraction of sp³-hybridized carbons (Fsp3) is 0.389. The molecule has 1 aromatic heterocycles. The van der Waals surface area contributed by atoms with E-state index in [0.717, 1.165) is 42.6 Å². The van der Waals surface area contributed by atoms with Crippen molar-refractivity contribution in [2.45, 2.75) is 26.7 Å². The minimum absolute atomic E-state index is 0.120. The molecule has 1 aliphatic rings. The Labute approximate surface area is 131 Å². The molecule has 1 saturated heterocycles. The number of benzene rings is 1. The molecule has 4 nitrogen and oxygen atoms in total. The second-order valence-electron chi connectivity index (χ2n) is 6.66. The Balaban J connectivity index is 1.79. The number of likely N-dealkylation sites (tertiary alicyclic amines) is 1. The Kier molecular flexibility index (Phi) is 3.92. The average molecular weight is 295 g/mol. The number of piperidine rings is 1. The zero-order chi connectivity index (χ0) is 15.6. The molecule has 0 atom stereocenters. The van der Waals surface area contributed by atoms with E-state index in [9.17, 15) is 4.79 Å². The van der Waals surface area contributed by atoms with E-state index in [2.05, 4.69) is 23.8 Å². The van der Waals surface area contributed by atoms with Crippen LogP contribution in [-0.2, 0) is 0 Å². The van der Waals surface area contributed by atoms with E-state index in [0.29, 0.717) is 5.41 Å². The highest BCUT2D eigenvalue weighted by Crippen LogP contribution is 2.30. The quantitative estimate of drug-likeness (QED) is 0.853. The number of hydrogen-bond donors (Lipinski definition) is 0. The van der Waals surface area contributed by atoms with E-state index < -0.39 is 0 Å². The lowest BCUT2D eigenvalue weighted by molar-refractivity contribution is 0.0630. The van der Waals surface area contributed by atoms with Crippen LogP contribution in [0.15, 0.2) is 43.0 Å². The smallest absolute Gasteiger partial charge is 0.253 e. The molecular weight excluding hydrogens is 274 g/mol. The molecule has 0 unspecified atom stereocenters. The predicted octanol–water partition coefficient (Wildman–Crippen LogP) is 3.41. The molecule has 0 bridgehead atoms. The van der Waals surface area contributed by atoms with E-state index in [1.54, 1.807) is 12.4 Å². The molecular formula is C18H21N3O. The standard InChI is InChI=1S/C18H21N3O/c1-18(2)6-8-21(9-7-18)17(22)15-5-3-4-14(10-15)16-11-19-13-20-12-16/h3-5,10-13H,6-9H2,1-2H3. The van der Waals surface area contributed by atoms with Gasteiger partial charge in [0.15, 0.2) is 0 Å². The van der Waals surface area contributed by atoms with Crippen molar-refractivity contribution in [1.29, 1.82) is 0 Å². The summed E-state index contributed by atoms with van der Waals surface area (Å²) in [5, 5.41) is 0. The van der Waals surface area contributed by atoms with Gasteiger partial charge in [-0.25, -0.2) is 9.97 Å². The second-order valence-corrected chi connectivity index (χ2v) is 6.66. The summed E-state index contributed by atoms with van der Waals surface area (Å²) in [6, 6.07) is 7.72. The van der Waals surface area contributed by atoms with Gasteiger partial charge in [-0.2, -0.15) is 0 Å². The van der Waals surface area contributed by atoms with Crippen molar-refractivity contribution in [2.24, 2.45) is 5.41 Å². The first-order valence-electron chi connectivity index (χ1n) is 7.70. The zero-order valence-corrected chi connectivity index (χ0v) is 13.1. The molecule has 0 N–H and O–H groups in total. The molecule has 1 fully saturated rings. The summed E-state index contributed by atoms with van der Waals surface area (Å²) in [7, 11) is 0. The van der Waals surface area contributed by atoms with Gasteiger partial charge >= 0.3 is 0 Å². The summed E-state index contributed by atoms with van der Waals surface area (Å²) < 4.78 is 0. The molecule has 1 aromatic carbocycles. The fourth-order valence-electron chi connectivity index (χ4n) is 2.78. The van der Waals surface area contributed by atoms with Gasteiger partial charge in [0.2, 0.25) is 0 Å². The van der Waals surface area contributed by atoms with Crippen molar-refractivity contribution in [1.82, 2.24) is 14.9 Å². The van der Waals surface area contributed by atoms with Gasteiger partial charge in [-0.15, -0.1) is 0 Å². The van der Waals surface area contributed by atoms with Gasteiger partial charge in [-0.05, 0) is 36.0 Å². The summed E-state index contributed by atoms with van der Waals surface area (Å²) in [5.74, 6) is 0.120. The highest BCUT2D eigenvalue weighted by atomic mass is 16.2. The molecule has 1 amide bonds. The molecule has 3 rings (SSSR count). The topological polar surface area (TPSA) is 46.1 Å². The summed E-state index contributed by atoms with van der Waals surface area (Å²) in [6.45, 7) is 6.21. The van der Waals surface area contributed by atoms with Gasteiger partial charge < -0.3 is 4.90 Å². The first-order chi connectivity index (χ1) is 10.6. The number of amides is 1. The first kappa shape index (κ1) is 14.7. The van der Waals surface area contributed by atoms with E-state index in [-0.39, 0.29) is 5.91 Å². The van der Waals surface area contributed by atoms with Crippen molar-refractivity contribution in [3.05, 3.63) is 48.5 Å². The maximum Gasteiger partial charge on any atom is 0.253 e. The molecule has 4 heteroatoms. The van der Waals surface area contributed by atoms with Crippen LogP contribution in [0.3, 0.4) is 0 Å². The number of nitrogens with zero attached hydrogens (tertiary/aromatic N) is 3. The second kappa shape index (κ2) is 5.87.